The number of imide groups is 1. The maximum atomic E-state index is 12.8. The molecule has 3 rings (SSSR count). The van der Waals surface area contributed by atoms with Crippen molar-refractivity contribution >= 4 is 29.6 Å². The molecular formula is C22H27N3O6. The van der Waals surface area contributed by atoms with E-state index in [0.29, 0.717) is 5.56 Å². The van der Waals surface area contributed by atoms with Crippen molar-refractivity contribution < 1.29 is 28.7 Å². The quantitative estimate of drug-likeness (QED) is 0.562. The number of rotatable bonds is 5. The number of hydrogen-bond donors (Lipinski definition) is 1. The number of urea groups is 1. The van der Waals surface area contributed by atoms with Crippen LogP contribution in [-0.4, -0.2) is 63.6 Å². The number of Topliss-reactive ketones (excluding diaryl/α,β-unsaturated/α-hetero) is 1. The molecule has 2 saturated heterocycles. The summed E-state index contributed by atoms with van der Waals surface area (Å²) in [6.07, 6.45) is 0.518. The average molecular weight is 429 g/mol. The SMILES string of the molecule is CC1(C)CC(=O)CC(C)(C)N1C(=O)COC(=O)c1ccc(CN2C(=O)CNC2=O)cc1. The van der Waals surface area contributed by atoms with Gasteiger partial charge in [0.05, 0.1) is 18.7 Å². The molecule has 31 heavy (non-hydrogen) atoms. The molecule has 0 radical (unpaired) electrons. The molecule has 166 valence electrons. The molecular weight excluding hydrogens is 402 g/mol. The maximum Gasteiger partial charge on any atom is 0.338 e. The third-order valence-corrected chi connectivity index (χ3v) is 5.51. The number of likely N-dealkylation sites (tertiary alicyclic amines) is 1. The minimum Gasteiger partial charge on any atom is -0.452 e. The van der Waals surface area contributed by atoms with Gasteiger partial charge in [0, 0.05) is 23.9 Å². The summed E-state index contributed by atoms with van der Waals surface area (Å²) in [4.78, 5) is 63.3. The molecule has 0 aliphatic carbocycles. The Balaban J connectivity index is 1.60. The van der Waals surface area contributed by atoms with Gasteiger partial charge in [-0.3, -0.25) is 19.3 Å². The highest BCUT2D eigenvalue weighted by Crippen LogP contribution is 2.36. The van der Waals surface area contributed by atoms with E-state index < -0.39 is 29.7 Å². The lowest BCUT2D eigenvalue weighted by Crippen LogP contribution is -2.63. The summed E-state index contributed by atoms with van der Waals surface area (Å²) in [6.45, 7) is 6.98. The molecule has 9 nitrogen and oxygen atoms in total. The van der Waals surface area contributed by atoms with E-state index in [-0.39, 0.29) is 49.1 Å². The molecule has 2 aliphatic rings. The second-order valence-corrected chi connectivity index (χ2v) is 9.16. The molecule has 1 N–H and O–H groups in total. The van der Waals surface area contributed by atoms with E-state index in [0.717, 1.165) is 4.90 Å². The first-order chi connectivity index (χ1) is 14.4. The maximum absolute atomic E-state index is 12.8. The molecule has 9 heteroatoms. The Morgan fingerprint density at radius 2 is 1.58 bits per heavy atom. The van der Waals surface area contributed by atoms with Gasteiger partial charge < -0.3 is 15.0 Å². The number of hydrogen-bond acceptors (Lipinski definition) is 6. The molecule has 1 aromatic carbocycles. The van der Waals surface area contributed by atoms with Gasteiger partial charge in [0.1, 0.15) is 5.78 Å². The van der Waals surface area contributed by atoms with Crippen LogP contribution in [0.5, 0.6) is 0 Å². The Morgan fingerprint density at radius 1 is 1.00 bits per heavy atom. The van der Waals surface area contributed by atoms with Crippen LogP contribution in [0.4, 0.5) is 4.79 Å². The first-order valence-electron chi connectivity index (χ1n) is 10.1. The van der Waals surface area contributed by atoms with Crippen molar-refractivity contribution in [2.45, 2.75) is 58.2 Å². The molecule has 2 heterocycles. The monoisotopic (exact) mass is 429 g/mol. The van der Waals surface area contributed by atoms with Gasteiger partial charge in [-0.25, -0.2) is 9.59 Å². The van der Waals surface area contributed by atoms with Crippen LogP contribution in [0, 0.1) is 0 Å². The number of amides is 4. The van der Waals surface area contributed by atoms with Crippen molar-refractivity contribution in [1.29, 1.82) is 0 Å². The Labute approximate surface area is 180 Å². The lowest BCUT2D eigenvalue weighted by molar-refractivity contribution is -0.156. The number of carbonyl (C=O) groups excluding carboxylic acids is 5. The van der Waals surface area contributed by atoms with Crippen molar-refractivity contribution in [2.75, 3.05) is 13.2 Å². The third-order valence-electron chi connectivity index (χ3n) is 5.51. The summed E-state index contributed by atoms with van der Waals surface area (Å²) in [6, 6.07) is 5.85. The standard InChI is InChI=1S/C22H27N3O6/c1-21(2)9-16(26)10-22(3,4)25(21)18(28)13-31-19(29)15-7-5-14(6-8-15)12-24-17(27)11-23-20(24)30/h5-8H,9-13H2,1-4H3,(H,23,30). The van der Waals surface area contributed by atoms with Crippen LogP contribution in [0.2, 0.25) is 0 Å². The fourth-order valence-corrected chi connectivity index (χ4v) is 4.50. The molecule has 2 aliphatic heterocycles. The number of ketones is 1. The number of ether oxygens (including phenoxy) is 1. The molecule has 1 aromatic rings. The van der Waals surface area contributed by atoms with Gasteiger partial charge in [-0.1, -0.05) is 12.1 Å². The van der Waals surface area contributed by atoms with Gasteiger partial charge in [0.15, 0.2) is 6.61 Å². The molecule has 0 saturated carbocycles. The predicted octanol–water partition coefficient (Wildman–Crippen LogP) is 1.64. The van der Waals surface area contributed by atoms with Crippen LogP contribution < -0.4 is 5.32 Å². The minimum atomic E-state index is -0.663. The van der Waals surface area contributed by atoms with Gasteiger partial charge in [-0.05, 0) is 45.4 Å². The van der Waals surface area contributed by atoms with Crippen molar-refractivity contribution in [3.8, 4) is 0 Å². The van der Waals surface area contributed by atoms with Gasteiger partial charge in [0.2, 0.25) is 5.91 Å². The number of nitrogens with one attached hydrogen (secondary N) is 1. The molecule has 0 aromatic heterocycles. The van der Waals surface area contributed by atoms with Crippen LogP contribution in [0.15, 0.2) is 24.3 Å². The Morgan fingerprint density at radius 3 is 2.10 bits per heavy atom. The molecule has 0 atom stereocenters. The van der Waals surface area contributed by atoms with Crippen molar-refractivity contribution in [1.82, 2.24) is 15.1 Å². The lowest BCUT2D eigenvalue weighted by Gasteiger charge is -2.51. The minimum absolute atomic E-state index is 0.0178. The zero-order valence-corrected chi connectivity index (χ0v) is 18.2. The largest absolute Gasteiger partial charge is 0.452 e. The van der Waals surface area contributed by atoms with Crippen LogP contribution in [0.1, 0.15) is 56.5 Å². The van der Waals surface area contributed by atoms with Gasteiger partial charge in [-0.15, -0.1) is 0 Å². The summed E-state index contributed by atoms with van der Waals surface area (Å²) in [5, 5.41) is 2.45. The van der Waals surface area contributed by atoms with E-state index in [9.17, 15) is 24.0 Å². The van der Waals surface area contributed by atoms with E-state index in [4.69, 9.17) is 4.74 Å². The number of benzene rings is 1. The topological polar surface area (TPSA) is 113 Å². The zero-order valence-electron chi connectivity index (χ0n) is 18.2. The Hall–Kier alpha value is -3.23. The van der Waals surface area contributed by atoms with Crippen molar-refractivity contribution in [3.63, 3.8) is 0 Å². The van der Waals surface area contributed by atoms with Crippen LogP contribution in [-0.2, 0) is 25.7 Å². The van der Waals surface area contributed by atoms with E-state index >= 15 is 0 Å². The normalized spacial score (nSPS) is 19.9. The molecule has 0 unspecified atom stereocenters. The number of esters is 1. The van der Waals surface area contributed by atoms with Gasteiger partial charge in [0.25, 0.3) is 5.91 Å². The van der Waals surface area contributed by atoms with Crippen molar-refractivity contribution in [2.24, 2.45) is 0 Å². The van der Waals surface area contributed by atoms with E-state index in [1.807, 2.05) is 27.7 Å². The van der Waals surface area contributed by atoms with Crippen LogP contribution in [0.25, 0.3) is 0 Å². The fraction of sp³-hybridized carbons (Fsp3) is 0.500. The van der Waals surface area contributed by atoms with Crippen LogP contribution in [0.3, 0.4) is 0 Å². The first-order valence-corrected chi connectivity index (χ1v) is 10.1. The average Bonchev–Trinajstić information content (AvgIpc) is 2.96. The highest BCUT2D eigenvalue weighted by atomic mass is 16.5. The predicted molar refractivity (Wildman–Crippen MR) is 110 cm³/mol. The summed E-state index contributed by atoms with van der Waals surface area (Å²) < 4.78 is 5.22. The van der Waals surface area contributed by atoms with Gasteiger partial charge in [-0.2, -0.15) is 0 Å². The molecule has 2 fully saturated rings. The van der Waals surface area contributed by atoms with Gasteiger partial charge >= 0.3 is 12.0 Å². The fourth-order valence-electron chi connectivity index (χ4n) is 4.50. The van der Waals surface area contributed by atoms with E-state index in [1.165, 1.54) is 12.1 Å². The van der Waals surface area contributed by atoms with E-state index in [2.05, 4.69) is 5.32 Å². The molecule has 0 bridgehead atoms. The summed E-state index contributed by atoms with van der Waals surface area (Å²) >= 11 is 0. The lowest BCUT2D eigenvalue weighted by atomic mass is 9.79. The first kappa shape index (κ1) is 22.5. The number of nitrogens with zero attached hydrogens (tertiary/aromatic N) is 2. The molecule has 0 spiro atoms. The number of piperidine rings is 1. The van der Waals surface area contributed by atoms with Crippen LogP contribution >= 0.6 is 0 Å². The Bertz CT molecular complexity index is 899. The number of carbonyl (C=O) groups is 5. The zero-order chi connectivity index (χ0) is 23.0. The third kappa shape index (κ3) is 4.76. The summed E-state index contributed by atoms with van der Waals surface area (Å²) in [7, 11) is 0. The summed E-state index contributed by atoms with van der Waals surface area (Å²) in [5.41, 5.74) is -0.396. The Kier molecular flexibility index (Phi) is 5.89. The summed E-state index contributed by atoms with van der Waals surface area (Å²) in [5.74, 6) is -1.22. The highest BCUT2D eigenvalue weighted by molar-refractivity contribution is 6.01. The second-order valence-electron chi connectivity index (χ2n) is 9.16. The van der Waals surface area contributed by atoms with Crippen molar-refractivity contribution in [3.05, 3.63) is 35.4 Å². The molecule has 4 amide bonds. The van der Waals surface area contributed by atoms with E-state index in [1.54, 1.807) is 17.0 Å². The second kappa shape index (κ2) is 8.13. The highest BCUT2D eigenvalue weighted by Gasteiger charge is 2.47. The smallest absolute Gasteiger partial charge is 0.338 e.